The number of nitrogens with one attached hydrogen (secondary N) is 1. The lowest BCUT2D eigenvalue weighted by Gasteiger charge is -2.26. The first kappa shape index (κ1) is 16.0. The van der Waals surface area contributed by atoms with E-state index < -0.39 is 17.5 Å². The number of carboxylic acids is 1. The third-order valence-corrected chi connectivity index (χ3v) is 3.42. The number of carboxylic acid groups (broad SMARTS) is 1. The molecule has 5 heteroatoms. The first-order valence-electron chi connectivity index (χ1n) is 6.79. The van der Waals surface area contributed by atoms with Gasteiger partial charge in [-0.3, -0.25) is 9.59 Å². The molecule has 1 aliphatic heterocycles. The van der Waals surface area contributed by atoms with Crippen molar-refractivity contribution in [2.75, 3.05) is 13.2 Å². The summed E-state index contributed by atoms with van der Waals surface area (Å²) < 4.78 is 5.44. The molecule has 0 aromatic heterocycles. The minimum atomic E-state index is -0.868. The summed E-state index contributed by atoms with van der Waals surface area (Å²) in [5.74, 6) is -1.63. The molecule has 0 aromatic carbocycles. The molecule has 0 radical (unpaired) electrons. The highest BCUT2D eigenvalue weighted by molar-refractivity contribution is 5.85. The average molecular weight is 271 g/mol. The molecule has 2 atom stereocenters. The van der Waals surface area contributed by atoms with E-state index in [0.29, 0.717) is 19.4 Å². The van der Waals surface area contributed by atoms with E-state index in [1.165, 1.54) is 0 Å². The van der Waals surface area contributed by atoms with Gasteiger partial charge < -0.3 is 15.2 Å². The molecule has 0 aliphatic carbocycles. The third-order valence-electron chi connectivity index (χ3n) is 3.42. The molecule has 1 amide bonds. The van der Waals surface area contributed by atoms with Crippen LogP contribution in [0.15, 0.2) is 0 Å². The van der Waals surface area contributed by atoms with Gasteiger partial charge in [0.15, 0.2) is 0 Å². The van der Waals surface area contributed by atoms with Crippen LogP contribution in [0.2, 0.25) is 0 Å². The molecule has 1 saturated heterocycles. The number of ether oxygens (including phenoxy) is 1. The minimum Gasteiger partial charge on any atom is -0.481 e. The van der Waals surface area contributed by atoms with Gasteiger partial charge in [0.1, 0.15) is 5.60 Å². The Morgan fingerprint density at radius 2 is 2.05 bits per heavy atom. The zero-order valence-electron chi connectivity index (χ0n) is 12.3. The van der Waals surface area contributed by atoms with Crippen LogP contribution in [0.3, 0.4) is 0 Å². The molecule has 110 valence electrons. The highest BCUT2D eigenvalue weighted by Gasteiger charge is 2.38. The molecule has 0 aromatic rings. The molecule has 0 saturated carbocycles. The maximum Gasteiger partial charge on any atom is 0.308 e. The van der Waals surface area contributed by atoms with Crippen molar-refractivity contribution >= 4 is 11.9 Å². The lowest BCUT2D eigenvalue weighted by atomic mass is 9.84. The van der Waals surface area contributed by atoms with Crippen molar-refractivity contribution in [3.8, 4) is 0 Å². The number of rotatable bonds is 5. The van der Waals surface area contributed by atoms with Gasteiger partial charge >= 0.3 is 5.97 Å². The Morgan fingerprint density at radius 3 is 2.47 bits per heavy atom. The van der Waals surface area contributed by atoms with Crippen LogP contribution in [0.1, 0.15) is 47.0 Å². The second-order valence-corrected chi connectivity index (χ2v) is 6.69. The van der Waals surface area contributed by atoms with E-state index in [9.17, 15) is 14.7 Å². The molecular weight excluding hydrogens is 246 g/mol. The standard InChI is InChI=1S/C14H25NO4/c1-13(2,3)8-10(11(16)17)9-15-12(18)14(4)6-5-7-19-14/h10H,5-9H2,1-4H3,(H,15,18)(H,16,17). The van der Waals surface area contributed by atoms with Gasteiger partial charge in [0.25, 0.3) is 5.91 Å². The summed E-state index contributed by atoms with van der Waals surface area (Å²) >= 11 is 0. The van der Waals surface area contributed by atoms with Gasteiger partial charge in [-0.1, -0.05) is 20.8 Å². The molecule has 0 spiro atoms. The maximum absolute atomic E-state index is 12.0. The Morgan fingerprint density at radius 1 is 1.42 bits per heavy atom. The average Bonchev–Trinajstić information content (AvgIpc) is 2.70. The van der Waals surface area contributed by atoms with E-state index in [1.54, 1.807) is 6.92 Å². The fraction of sp³-hybridized carbons (Fsp3) is 0.857. The Hall–Kier alpha value is -1.10. The van der Waals surface area contributed by atoms with Gasteiger partial charge in [-0.05, 0) is 31.6 Å². The van der Waals surface area contributed by atoms with Crippen LogP contribution in [-0.2, 0) is 14.3 Å². The summed E-state index contributed by atoms with van der Waals surface area (Å²) in [4.78, 5) is 23.2. The Kier molecular flexibility index (Phi) is 4.96. The van der Waals surface area contributed by atoms with Gasteiger partial charge in [-0.15, -0.1) is 0 Å². The lowest BCUT2D eigenvalue weighted by Crippen LogP contribution is -2.46. The second-order valence-electron chi connectivity index (χ2n) is 6.69. The Bertz CT molecular complexity index is 340. The largest absolute Gasteiger partial charge is 0.481 e. The first-order chi connectivity index (χ1) is 8.64. The van der Waals surface area contributed by atoms with Crippen LogP contribution < -0.4 is 5.32 Å². The van der Waals surface area contributed by atoms with Crippen molar-refractivity contribution in [2.45, 2.75) is 52.6 Å². The van der Waals surface area contributed by atoms with Crippen molar-refractivity contribution in [1.29, 1.82) is 0 Å². The first-order valence-corrected chi connectivity index (χ1v) is 6.79. The van der Waals surface area contributed by atoms with Gasteiger partial charge in [0.2, 0.25) is 0 Å². The number of aliphatic carboxylic acids is 1. The lowest BCUT2D eigenvalue weighted by molar-refractivity contribution is -0.144. The van der Waals surface area contributed by atoms with Gasteiger partial charge in [0.05, 0.1) is 5.92 Å². The molecule has 2 N–H and O–H groups in total. The fourth-order valence-electron chi connectivity index (χ4n) is 2.35. The van der Waals surface area contributed by atoms with E-state index in [2.05, 4.69) is 5.32 Å². The Balaban J connectivity index is 2.52. The van der Waals surface area contributed by atoms with Crippen molar-refractivity contribution in [2.24, 2.45) is 11.3 Å². The van der Waals surface area contributed by atoms with E-state index in [1.807, 2.05) is 20.8 Å². The molecule has 1 aliphatic rings. The van der Waals surface area contributed by atoms with Gasteiger partial charge in [-0.25, -0.2) is 0 Å². The topological polar surface area (TPSA) is 75.6 Å². The number of carbonyl (C=O) groups excluding carboxylic acids is 1. The van der Waals surface area contributed by atoms with Crippen molar-refractivity contribution in [3.63, 3.8) is 0 Å². The molecule has 5 nitrogen and oxygen atoms in total. The van der Waals surface area contributed by atoms with Crippen LogP contribution in [0.5, 0.6) is 0 Å². The summed E-state index contributed by atoms with van der Waals surface area (Å²) in [6.07, 6.45) is 2.09. The zero-order chi connectivity index (χ0) is 14.7. The second kappa shape index (κ2) is 5.90. The van der Waals surface area contributed by atoms with Crippen LogP contribution >= 0.6 is 0 Å². The molecule has 1 fully saturated rings. The maximum atomic E-state index is 12.0. The van der Waals surface area contributed by atoms with Crippen molar-refractivity contribution in [1.82, 2.24) is 5.32 Å². The quantitative estimate of drug-likeness (QED) is 0.799. The fourth-order valence-corrected chi connectivity index (χ4v) is 2.35. The normalized spacial score (nSPS) is 25.1. The highest BCUT2D eigenvalue weighted by atomic mass is 16.5. The summed E-state index contributed by atoms with van der Waals surface area (Å²) in [6, 6.07) is 0. The summed E-state index contributed by atoms with van der Waals surface area (Å²) in [7, 11) is 0. The van der Waals surface area contributed by atoms with Crippen LogP contribution in [0, 0.1) is 11.3 Å². The van der Waals surface area contributed by atoms with Crippen LogP contribution in [0.4, 0.5) is 0 Å². The predicted octanol–water partition coefficient (Wildman–Crippen LogP) is 1.81. The SMILES string of the molecule is CC(C)(C)CC(CNC(=O)C1(C)CCCO1)C(=O)O. The smallest absolute Gasteiger partial charge is 0.308 e. The van der Waals surface area contributed by atoms with Gasteiger partial charge in [0, 0.05) is 13.2 Å². The molecule has 1 heterocycles. The highest BCUT2D eigenvalue weighted by Crippen LogP contribution is 2.26. The van der Waals surface area contributed by atoms with Crippen molar-refractivity contribution in [3.05, 3.63) is 0 Å². The molecule has 0 bridgehead atoms. The molecular formula is C14H25NO4. The number of carbonyl (C=O) groups is 2. The van der Waals surface area contributed by atoms with Gasteiger partial charge in [-0.2, -0.15) is 0 Å². The summed E-state index contributed by atoms with van der Waals surface area (Å²) in [5.41, 5.74) is -0.869. The van der Waals surface area contributed by atoms with E-state index >= 15 is 0 Å². The van der Waals surface area contributed by atoms with E-state index in [-0.39, 0.29) is 17.9 Å². The van der Waals surface area contributed by atoms with Crippen molar-refractivity contribution < 1.29 is 19.4 Å². The third kappa shape index (κ3) is 4.82. The molecule has 2 unspecified atom stereocenters. The monoisotopic (exact) mass is 271 g/mol. The van der Waals surface area contributed by atoms with Crippen LogP contribution in [0.25, 0.3) is 0 Å². The molecule has 19 heavy (non-hydrogen) atoms. The number of hydrogen-bond donors (Lipinski definition) is 2. The van der Waals surface area contributed by atoms with E-state index in [0.717, 1.165) is 6.42 Å². The number of hydrogen-bond acceptors (Lipinski definition) is 3. The summed E-state index contributed by atoms with van der Waals surface area (Å²) in [6.45, 7) is 8.48. The molecule has 1 rings (SSSR count). The Labute approximate surface area is 114 Å². The summed E-state index contributed by atoms with van der Waals surface area (Å²) in [5, 5.41) is 11.9. The predicted molar refractivity (Wildman–Crippen MR) is 71.8 cm³/mol. The minimum absolute atomic E-state index is 0.0818. The van der Waals surface area contributed by atoms with Crippen LogP contribution in [-0.4, -0.2) is 35.7 Å². The van der Waals surface area contributed by atoms with E-state index in [4.69, 9.17) is 4.74 Å². The number of amides is 1. The zero-order valence-corrected chi connectivity index (χ0v) is 12.3.